The third-order valence-corrected chi connectivity index (χ3v) is 3.50. The van der Waals surface area contributed by atoms with Crippen molar-refractivity contribution in [3.05, 3.63) is 29.6 Å². The van der Waals surface area contributed by atoms with Gasteiger partial charge < -0.3 is 15.5 Å². The van der Waals surface area contributed by atoms with Crippen molar-refractivity contribution < 1.29 is 9.18 Å². The summed E-state index contributed by atoms with van der Waals surface area (Å²) < 4.78 is 14.1. The molecule has 1 aliphatic rings. The molecule has 1 aromatic rings. The zero-order valence-corrected chi connectivity index (χ0v) is 12.8. The van der Waals surface area contributed by atoms with Gasteiger partial charge in [-0.3, -0.25) is 4.79 Å². The first kappa shape index (κ1) is 15.8. The first-order valence-electron chi connectivity index (χ1n) is 7.59. The summed E-state index contributed by atoms with van der Waals surface area (Å²) in [4.78, 5) is 13.4. The highest BCUT2D eigenvalue weighted by Crippen LogP contribution is 2.21. The molecule has 116 valence electrons. The Balaban J connectivity index is 1.90. The van der Waals surface area contributed by atoms with Crippen LogP contribution in [0.25, 0.3) is 0 Å². The second-order valence-corrected chi connectivity index (χ2v) is 5.66. The molecule has 0 unspecified atom stereocenters. The van der Waals surface area contributed by atoms with E-state index < -0.39 is 0 Å². The van der Waals surface area contributed by atoms with Crippen molar-refractivity contribution >= 4 is 11.6 Å². The maximum atomic E-state index is 14.1. The summed E-state index contributed by atoms with van der Waals surface area (Å²) in [6, 6.07) is 5.51. The van der Waals surface area contributed by atoms with Crippen LogP contribution in [0.5, 0.6) is 0 Å². The first-order valence-corrected chi connectivity index (χ1v) is 7.59. The standard InChI is InChI=1S/C16H24FN3O/c1-3-8-18-10-12-4-7-15(14(17)9-12)20(2)11-16(21)19-13-5-6-13/h4,7,9,13,18H,3,5-6,8,10-11H2,1-2H3,(H,19,21). The van der Waals surface area contributed by atoms with Gasteiger partial charge in [0.1, 0.15) is 5.82 Å². The second kappa shape index (κ2) is 7.41. The van der Waals surface area contributed by atoms with Crippen molar-refractivity contribution in [2.24, 2.45) is 0 Å². The predicted molar refractivity (Wildman–Crippen MR) is 82.8 cm³/mol. The number of hydrogen-bond donors (Lipinski definition) is 2. The minimum atomic E-state index is -0.285. The van der Waals surface area contributed by atoms with E-state index in [1.807, 2.05) is 6.07 Å². The monoisotopic (exact) mass is 293 g/mol. The lowest BCUT2D eigenvalue weighted by molar-refractivity contribution is -0.119. The van der Waals surface area contributed by atoms with Gasteiger partial charge in [0, 0.05) is 19.6 Å². The Morgan fingerprint density at radius 1 is 1.43 bits per heavy atom. The zero-order chi connectivity index (χ0) is 15.2. The molecule has 0 atom stereocenters. The van der Waals surface area contributed by atoms with Gasteiger partial charge in [0.2, 0.25) is 5.91 Å². The number of hydrogen-bond acceptors (Lipinski definition) is 3. The molecule has 0 spiro atoms. The lowest BCUT2D eigenvalue weighted by atomic mass is 10.2. The summed E-state index contributed by atoms with van der Waals surface area (Å²) >= 11 is 0. The summed E-state index contributed by atoms with van der Waals surface area (Å²) in [7, 11) is 1.74. The fourth-order valence-electron chi connectivity index (χ4n) is 2.18. The van der Waals surface area contributed by atoms with Crippen molar-refractivity contribution in [1.29, 1.82) is 0 Å². The molecule has 1 fully saturated rings. The van der Waals surface area contributed by atoms with Gasteiger partial charge in [0.25, 0.3) is 0 Å². The van der Waals surface area contributed by atoms with Crippen molar-refractivity contribution in [3.8, 4) is 0 Å². The van der Waals surface area contributed by atoms with Crippen molar-refractivity contribution in [3.63, 3.8) is 0 Å². The lowest BCUT2D eigenvalue weighted by Crippen LogP contribution is -2.36. The van der Waals surface area contributed by atoms with Crippen LogP contribution in [0.3, 0.4) is 0 Å². The Morgan fingerprint density at radius 2 is 2.19 bits per heavy atom. The van der Waals surface area contributed by atoms with E-state index in [2.05, 4.69) is 17.6 Å². The number of nitrogens with zero attached hydrogens (tertiary/aromatic N) is 1. The van der Waals surface area contributed by atoms with E-state index in [0.29, 0.717) is 18.3 Å². The summed E-state index contributed by atoms with van der Waals surface area (Å²) in [5.74, 6) is -0.333. The molecule has 0 heterocycles. The Morgan fingerprint density at radius 3 is 2.81 bits per heavy atom. The Hall–Kier alpha value is -1.62. The molecule has 4 nitrogen and oxygen atoms in total. The molecule has 0 aromatic heterocycles. The van der Waals surface area contributed by atoms with E-state index >= 15 is 0 Å². The average molecular weight is 293 g/mol. The molecular formula is C16H24FN3O. The van der Waals surface area contributed by atoms with Crippen LogP contribution in [-0.4, -0.2) is 32.1 Å². The molecular weight excluding hydrogens is 269 g/mol. The van der Waals surface area contributed by atoms with Crippen LogP contribution in [0.4, 0.5) is 10.1 Å². The highest BCUT2D eigenvalue weighted by atomic mass is 19.1. The molecule has 2 rings (SSSR count). The molecule has 1 aliphatic carbocycles. The van der Waals surface area contributed by atoms with Crippen LogP contribution >= 0.6 is 0 Å². The van der Waals surface area contributed by atoms with E-state index in [1.165, 1.54) is 6.07 Å². The summed E-state index contributed by atoms with van der Waals surface area (Å²) in [6.45, 7) is 3.86. The van der Waals surface area contributed by atoms with Gasteiger partial charge in [-0.05, 0) is 43.5 Å². The minimum Gasteiger partial charge on any atom is -0.363 e. The highest BCUT2D eigenvalue weighted by molar-refractivity contribution is 5.81. The van der Waals surface area contributed by atoms with Crippen LogP contribution in [0.15, 0.2) is 18.2 Å². The molecule has 1 saturated carbocycles. The average Bonchev–Trinajstić information content (AvgIpc) is 3.22. The number of halogens is 1. The second-order valence-electron chi connectivity index (χ2n) is 5.66. The number of amides is 1. The van der Waals surface area contributed by atoms with E-state index in [-0.39, 0.29) is 18.3 Å². The molecule has 1 aromatic carbocycles. The number of likely N-dealkylation sites (N-methyl/N-ethyl adjacent to an activating group) is 1. The highest BCUT2D eigenvalue weighted by Gasteiger charge is 2.23. The topological polar surface area (TPSA) is 44.4 Å². The quantitative estimate of drug-likeness (QED) is 0.721. The molecule has 21 heavy (non-hydrogen) atoms. The summed E-state index contributed by atoms with van der Waals surface area (Å²) in [5, 5.41) is 6.15. The maximum absolute atomic E-state index is 14.1. The van der Waals surface area contributed by atoms with E-state index in [0.717, 1.165) is 31.4 Å². The fraction of sp³-hybridized carbons (Fsp3) is 0.562. The summed E-state index contributed by atoms with van der Waals surface area (Å²) in [6.07, 6.45) is 3.17. The number of carbonyl (C=O) groups is 1. The molecule has 0 aliphatic heterocycles. The molecule has 0 bridgehead atoms. The maximum Gasteiger partial charge on any atom is 0.239 e. The number of rotatable bonds is 8. The third kappa shape index (κ3) is 5.01. The number of anilines is 1. The van der Waals surface area contributed by atoms with E-state index in [9.17, 15) is 9.18 Å². The van der Waals surface area contributed by atoms with Gasteiger partial charge in [0.05, 0.1) is 12.2 Å². The summed E-state index contributed by atoms with van der Waals surface area (Å²) in [5.41, 5.74) is 1.38. The van der Waals surface area contributed by atoms with Crippen molar-refractivity contribution in [1.82, 2.24) is 10.6 Å². The largest absolute Gasteiger partial charge is 0.363 e. The Kier molecular flexibility index (Phi) is 5.56. The fourth-order valence-corrected chi connectivity index (χ4v) is 2.18. The predicted octanol–water partition coefficient (Wildman–Crippen LogP) is 2.04. The van der Waals surface area contributed by atoms with Gasteiger partial charge in [-0.2, -0.15) is 0 Å². The minimum absolute atomic E-state index is 0.0481. The van der Waals surface area contributed by atoms with Crippen LogP contribution in [0, 0.1) is 5.82 Å². The van der Waals surface area contributed by atoms with Gasteiger partial charge in [0.15, 0.2) is 0 Å². The molecule has 2 N–H and O–H groups in total. The Labute approximate surface area is 125 Å². The molecule has 0 radical (unpaired) electrons. The SMILES string of the molecule is CCCNCc1ccc(N(C)CC(=O)NC2CC2)c(F)c1. The zero-order valence-electron chi connectivity index (χ0n) is 12.8. The van der Waals surface area contributed by atoms with Gasteiger partial charge in [-0.25, -0.2) is 4.39 Å². The molecule has 0 saturated heterocycles. The van der Waals surface area contributed by atoms with Gasteiger partial charge >= 0.3 is 0 Å². The first-order chi connectivity index (χ1) is 10.1. The smallest absolute Gasteiger partial charge is 0.239 e. The third-order valence-electron chi connectivity index (χ3n) is 3.50. The van der Waals surface area contributed by atoms with E-state index in [4.69, 9.17) is 0 Å². The molecule has 5 heteroatoms. The van der Waals surface area contributed by atoms with Crippen LogP contribution in [0.1, 0.15) is 31.7 Å². The number of nitrogens with one attached hydrogen (secondary N) is 2. The van der Waals surface area contributed by atoms with Crippen molar-refractivity contribution in [2.45, 2.75) is 38.8 Å². The van der Waals surface area contributed by atoms with Crippen LogP contribution < -0.4 is 15.5 Å². The normalized spacial score (nSPS) is 14.0. The lowest BCUT2D eigenvalue weighted by Gasteiger charge is -2.20. The van der Waals surface area contributed by atoms with E-state index in [1.54, 1.807) is 18.0 Å². The van der Waals surface area contributed by atoms with Crippen LogP contribution in [0.2, 0.25) is 0 Å². The number of carbonyl (C=O) groups excluding carboxylic acids is 1. The Bertz CT molecular complexity index is 488. The van der Waals surface area contributed by atoms with Crippen molar-refractivity contribution in [2.75, 3.05) is 25.0 Å². The van der Waals surface area contributed by atoms with Crippen LogP contribution in [-0.2, 0) is 11.3 Å². The number of benzene rings is 1. The molecule has 1 amide bonds. The van der Waals surface area contributed by atoms with Gasteiger partial charge in [-0.1, -0.05) is 13.0 Å². The van der Waals surface area contributed by atoms with Gasteiger partial charge in [-0.15, -0.1) is 0 Å².